The minimum atomic E-state index is -0.709. The van der Waals surface area contributed by atoms with E-state index in [0.29, 0.717) is 25.1 Å². The van der Waals surface area contributed by atoms with Gasteiger partial charge in [-0.2, -0.15) is 0 Å². The highest BCUT2D eigenvalue weighted by Gasteiger charge is 2.49. The fourth-order valence-corrected chi connectivity index (χ4v) is 3.86. The maximum Gasteiger partial charge on any atom is 0.291 e. The molecule has 0 spiro atoms. The van der Waals surface area contributed by atoms with Gasteiger partial charge in [-0.1, -0.05) is 48.5 Å². The molecule has 3 aromatic rings. The first kappa shape index (κ1) is 18.1. The van der Waals surface area contributed by atoms with E-state index < -0.39 is 29.5 Å². The molecule has 2 heterocycles. The van der Waals surface area contributed by atoms with Gasteiger partial charge in [0.2, 0.25) is 5.78 Å². The van der Waals surface area contributed by atoms with Crippen LogP contribution in [0.2, 0.25) is 0 Å². The first-order valence-corrected chi connectivity index (χ1v) is 9.27. The summed E-state index contributed by atoms with van der Waals surface area (Å²) in [5, 5.41) is 0. The van der Waals surface area contributed by atoms with Gasteiger partial charge in [-0.3, -0.25) is 9.59 Å². The van der Waals surface area contributed by atoms with Crippen molar-refractivity contribution < 1.29 is 14.0 Å². The van der Waals surface area contributed by atoms with Gasteiger partial charge in [0.25, 0.3) is 5.91 Å². The fourth-order valence-electron chi connectivity index (χ4n) is 3.86. The van der Waals surface area contributed by atoms with Gasteiger partial charge in [0.1, 0.15) is 5.82 Å². The third-order valence-electron chi connectivity index (χ3n) is 5.16. The molecule has 1 saturated heterocycles. The van der Waals surface area contributed by atoms with Crippen molar-refractivity contribution in [3.05, 3.63) is 90.3 Å². The molecule has 2 aromatic carbocycles. The summed E-state index contributed by atoms with van der Waals surface area (Å²) in [5.74, 6) is -2.15. The minimum Gasteiger partial charge on any atom is -0.337 e. The molecule has 6 heteroatoms. The Morgan fingerprint density at radius 3 is 2.43 bits per heavy atom. The van der Waals surface area contributed by atoms with Crippen LogP contribution in [0.15, 0.2) is 73.3 Å². The second-order valence-corrected chi connectivity index (χ2v) is 6.87. The molecular weight excluding hydrogens is 357 g/mol. The van der Waals surface area contributed by atoms with Gasteiger partial charge < -0.3 is 9.47 Å². The van der Waals surface area contributed by atoms with E-state index in [0.717, 1.165) is 5.56 Å². The average molecular weight is 377 g/mol. The number of carbonyl (C=O) groups excluding carboxylic acids is 2. The Hall–Kier alpha value is -3.28. The molecule has 1 aliphatic rings. The highest BCUT2D eigenvalue weighted by Crippen LogP contribution is 2.43. The molecule has 1 amide bonds. The summed E-state index contributed by atoms with van der Waals surface area (Å²) in [4.78, 5) is 31.2. The standard InChI is InChI=1S/C22H20FN3O2/c23-18-10-5-4-9-17(18)20-19(16-7-2-1-3-8-16)21(27)22(28)26(20)13-6-12-25-14-11-24-15-25/h1-5,7-11,14-15,19-20H,6,12-13H2. The van der Waals surface area contributed by atoms with Crippen LogP contribution >= 0.6 is 0 Å². The number of nitrogens with zero attached hydrogens (tertiary/aromatic N) is 3. The Kier molecular flexibility index (Phi) is 5.02. The largest absolute Gasteiger partial charge is 0.337 e. The SMILES string of the molecule is O=C1C(=O)N(CCCn2ccnc2)C(c2ccccc2F)C1c1ccccc1. The van der Waals surface area contributed by atoms with Gasteiger partial charge in [-0.15, -0.1) is 0 Å². The number of likely N-dealkylation sites (tertiary alicyclic amines) is 1. The van der Waals surface area contributed by atoms with Gasteiger partial charge in [-0.25, -0.2) is 9.37 Å². The summed E-state index contributed by atoms with van der Waals surface area (Å²) in [5.41, 5.74) is 1.10. The lowest BCUT2D eigenvalue weighted by Gasteiger charge is -2.28. The third-order valence-corrected chi connectivity index (χ3v) is 5.16. The molecule has 2 atom stereocenters. The number of benzene rings is 2. The van der Waals surface area contributed by atoms with Crippen LogP contribution in [0.25, 0.3) is 0 Å². The summed E-state index contributed by atoms with van der Waals surface area (Å²) in [7, 11) is 0. The maximum absolute atomic E-state index is 14.6. The van der Waals surface area contributed by atoms with Crippen LogP contribution < -0.4 is 0 Å². The molecule has 1 fully saturated rings. The van der Waals surface area contributed by atoms with E-state index in [4.69, 9.17) is 0 Å². The van der Waals surface area contributed by atoms with E-state index in [9.17, 15) is 14.0 Å². The summed E-state index contributed by atoms with van der Waals surface area (Å²) in [6.07, 6.45) is 5.89. The van der Waals surface area contributed by atoms with Crippen LogP contribution in [0.5, 0.6) is 0 Å². The summed E-state index contributed by atoms with van der Waals surface area (Å²) < 4.78 is 16.6. The summed E-state index contributed by atoms with van der Waals surface area (Å²) in [6, 6.07) is 14.9. The smallest absolute Gasteiger partial charge is 0.291 e. The van der Waals surface area contributed by atoms with E-state index in [2.05, 4.69) is 4.98 Å². The first-order valence-electron chi connectivity index (χ1n) is 9.27. The Balaban J connectivity index is 1.67. The molecule has 0 N–H and O–H groups in total. The van der Waals surface area contributed by atoms with E-state index in [-0.39, 0.29) is 0 Å². The quantitative estimate of drug-likeness (QED) is 0.619. The van der Waals surface area contributed by atoms with Gasteiger partial charge in [0, 0.05) is 31.0 Å². The molecule has 28 heavy (non-hydrogen) atoms. The number of hydrogen-bond donors (Lipinski definition) is 0. The molecule has 2 unspecified atom stereocenters. The zero-order valence-corrected chi connectivity index (χ0v) is 15.2. The second kappa shape index (κ2) is 7.76. The highest BCUT2D eigenvalue weighted by atomic mass is 19.1. The van der Waals surface area contributed by atoms with Crippen molar-refractivity contribution in [2.75, 3.05) is 6.54 Å². The number of rotatable bonds is 6. The van der Waals surface area contributed by atoms with Crippen LogP contribution in [-0.4, -0.2) is 32.7 Å². The second-order valence-electron chi connectivity index (χ2n) is 6.87. The number of halogens is 1. The predicted octanol–water partition coefficient (Wildman–Crippen LogP) is 3.35. The Labute approximate surface area is 162 Å². The molecule has 0 bridgehead atoms. The Morgan fingerprint density at radius 2 is 1.71 bits per heavy atom. The van der Waals surface area contributed by atoms with Crippen molar-refractivity contribution in [2.45, 2.75) is 24.9 Å². The highest BCUT2D eigenvalue weighted by molar-refractivity contribution is 6.40. The molecule has 0 radical (unpaired) electrons. The molecular formula is C22H20FN3O2. The molecule has 1 aliphatic heterocycles. The van der Waals surface area contributed by atoms with Gasteiger partial charge >= 0.3 is 0 Å². The lowest BCUT2D eigenvalue weighted by atomic mass is 9.86. The predicted molar refractivity (Wildman–Crippen MR) is 102 cm³/mol. The number of amides is 1. The number of hydrogen-bond acceptors (Lipinski definition) is 3. The lowest BCUT2D eigenvalue weighted by molar-refractivity contribution is -0.140. The van der Waals surface area contributed by atoms with Crippen LogP contribution in [0.4, 0.5) is 4.39 Å². The van der Waals surface area contributed by atoms with Crippen molar-refractivity contribution in [1.82, 2.24) is 14.5 Å². The van der Waals surface area contributed by atoms with Crippen molar-refractivity contribution in [3.63, 3.8) is 0 Å². The monoisotopic (exact) mass is 377 g/mol. The molecule has 5 nitrogen and oxygen atoms in total. The van der Waals surface area contributed by atoms with Crippen LogP contribution in [0.3, 0.4) is 0 Å². The fraction of sp³-hybridized carbons (Fsp3) is 0.227. The van der Waals surface area contributed by atoms with E-state index in [1.54, 1.807) is 30.7 Å². The van der Waals surface area contributed by atoms with E-state index >= 15 is 0 Å². The molecule has 0 aliphatic carbocycles. The normalized spacial score (nSPS) is 19.4. The topological polar surface area (TPSA) is 55.2 Å². The molecule has 142 valence electrons. The molecule has 4 rings (SSSR count). The van der Waals surface area contributed by atoms with Crippen LogP contribution in [0.1, 0.15) is 29.5 Å². The van der Waals surface area contributed by atoms with Crippen molar-refractivity contribution in [1.29, 1.82) is 0 Å². The summed E-state index contributed by atoms with van der Waals surface area (Å²) >= 11 is 0. The van der Waals surface area contributed by atoms with E-state index in [1.165, 1.54) is 11.0 Å². The third kappa shape index (κ3) is 3.33. The van der Waals surface area contributed by atoms with Crippen molar-refractivity contribution in [3.8, 4) is 0 Å². The van der Waals surface area contributed by atoms with Gasteiger partial charge in [0.15, 0.2) is 0 Å². The van der Waals surface area contributed by atoms with Gasteiger partial charge in [0.05, 0.1) is 18.3 Å². The number of carbonyl (C=O) groups is 2. The number of aromatic nitrogens is 2. The van der Waals surface area contributed by atoms with E-state index in [1.807, 2.05) is 41.1 Å². The van der Waals surface area contributed by atoms with Crippen molar-refractivity contribution >= 4 is 11.7 Å². The van der Waals surface area contributed by atoms with Crippen molar-refractivity contribution in [2.24, 2.45) is 0 Å². The molecule has 1 aromatic heterocycles. The Morgan fingerprint density at radius 1 is 0.964 bits per heavy atom. The number of ketones is 1. The summed E-state index contributed by atoms with van der Waals surface area (Å²) in [6.45, 7) is 1.03. The zero-order valence-electron chi connectivity index (χ0n) is 15.2. The molecule has 0 saturated carbocycles. The zero-order chi connectivity index (χ0) is 19.5. The first-order chi connectivity index (χ1) is 13.7. The number of Topliss-reactive ketones (excluding diaryl/α,β-unsaturated/α-hetero) is 1. The average Bonchev–Trinajstić information content (AvgIpc) is 3.31. The minimum absolute atomic E-state index is 0.366. The van der Waals surface area contributed by atoms with Gasteiger partial charge in [-0.05, 0) is 18.1 Å². The Bertz CT molecular complexity index is 972. The number of aryl methyl sites for hydroxylation is 1. The maximum atomic E-state index is 14.6. The van der Waals surface area contributed by atoms with Crippen LogP contribution in [-0.2, 0) is 16.1 Å². The lowest BCUT2D eigenvalue weighted by Crippen LogP contribution is -2.31. The number of imidazole rings is 1. The van der Waals surface area contributed by atoms with Crippen LogP contribution in [0, 0.1) is 5.82 Å².